The number of fused-ring (bicyclic) bond motifs is 1. The Morgan fingerprint density at radius 2 is 1.67 bits per heavy atom. The van der Waals surface area contributed by atoms with Crippen LogP contribution in [0.25, 0.3) is 16.5 Å². The minimum absolute atomic E-state index is 0.145. The molecule has 2 heterocycles. The molecular formula is C26H38N2O4Si. The van der Waals surface area contributed by atoms with E-state index >= 15 is 0 Å². The number of aromatic nitrogens is 1. The summed E-state index contributed by atoms with van der Waals surface area (Å²) < 4.78 is 13.1. The number of nitrogens with zero attached hydrogens (tertiary/aromatic N) is 2. The average Bonchev–Trinajstić information content (AvgIpc) is 3.11. The number of para-hydroxylation sites is 1. The first kappa shape index (κ1) is 25.1. The average molecular weight is 471 g/mol. The first-order valence-corrected chi connectivity index (χ1v) is 14.5. The van der Waals surface area contributed by atoms with Gasteiger partial charge in [0.15, 0.2) is 8.24 Å². The summed E-state index contributed by atoms with van der Waals surface area (Å²) in [5, 5.41) is 1.27. The summed E-state index contributed by atoms with van der Waals surface area (Å²) in [6.45, 7) is 17.8. The lowest BCUT2D eigenvalue weighted by Crippen LogP contribution is -2.45. The Labute approximate surface area is 198 Å². The molecule has 0 atom stereocenters. The maximum absolute atomic E-state index is 12.8. The van der Waals surface area contributed by atoms with Crippen molar-refractivity contribution in [3.8, 4) is 0 Å². The van der Waals surface area contributed by atoms with E-state index in [0.717, 1.165) is 16.5 Å². The van der Waals surface area contributed by atoms with Crippen molar-refractivity contribution in [2.45, 2.75) is 71.7 Å². The predicted octanol–water partition coefficient (Wildman–Crippen LogP) is 6.06. The lowest BCUT2D eigenvalue weighted by atomic mass is 9.93. The lowest BCUT2D eigenvalue weighted by molar-refractivity contribution is -0.136. The summed E-state index contributed by atoms with van der Waals surface area (Å²) in [6, 6.07) is 8.39. The molecule has 7 heteroatoms. The second kappa shape index (κ2) is 8.67. The second-order valence-corrected chi connectivity index (χ2v) is 16.4. The largest absolute Gasteiger partial charge is 0.466 e. The highest BCUT2D eigenvalue weighted by atomic mass is 28.3. The van der Waals surface area contributed by atoms with E-state index in [-0.39, 0.29) is 11.6 Å². The molecule has 0 N–H and O–H groups in total. The van der Waals surface area contributed by atoms with E-state index in [0.29, 0.717) is 18.5 Å². The molecule has 1 aliphatic rings. The number of benzene rings is 1. The van der Waals surface area contributed by atoms with Crippen molar-refractivity contribution in [3.05, 3.63) is 41.6 Å². The SMILES string of the molecule is COC(=O)C1=C(c2cn([Si](C)(C)C(C)(C)C)c3ccccc23)CCN(C(=O)OC(C)(C)C)C1. The molecule has 1 aliphatic heterocycles. The van der Waals surface area contributed by atoms with E-state index in [1.54, 1.807) is 4.90 Å². The van der Waals surface area contributed by atoms with Crippen LogP contribution in [-0.4, -0.2) is 55.2 Å². The Morgan fingerprint density at radius 1 is 1.03 bits per heavy atom. The van der Waals surface area contributed by atoms with E-state index in [1.807, 2.05) is 26.8 Å². The van der Waals surface area contributed by atoms with Gasteiger partial charge in [-0.25, -0.2) is 9.59 Å². The highest BCUT2D eigenvalue weighted by molar-refractivity contribution is 6.79. The Hall–Kier alpha value is -2.54. The summed E-state index contributed by atoms with van der Waals surface area (Å²) in [5.74, 6) is -0.401. The molecule has 0 spiro atoms. The second-order valence-electron chi connectivity index (χ2n) is 11.3. The molecule has 6 nitrogen and oxygen atoms in total. The van der Waals surface area contributed by atoms with Crippen LogP contribution in [0.4, 0.5) is 4.79 Å². The fraction of sp³-hybridized carbons (Fsp3) is 0.538. The van der Waals surface area contributed by atoms with Crippen molar-refractivity contribution < 1.29 is 19.1 Å². The number of hydrogen-bond acceptors (Lipinski definition) is 4. The topological polar surface area (TPSA) is 60.8 Å². The molecule has 1 aromatic carbocycles. The molecular weight excluding hydrogens is 432 g/mol. The Balaban J connectivity index is 2.15. The Kier molecular flexibility index (Phi) is 6.59. The number of esters is 1. The molecule has 1 aromatic heterocycles. The van der Waals surface area contributed by atoms with Crippen molar-refractivity contribution in [2.24, 2.45) is 0 Å². The minimum atomic E-state index is -1.91. The van der Waals surface area contributed by atoms with E-state index in [9.17, 15) is 9.59 Å². The van der Waals surface area contributed by atoms with E-state index < -0.39 is 25.9 Å². The van der Waals surface area contributed by atoms with Crippen molar-refractivity contribution in [1.82, 2.24) is 9.13 Å². The van der Waals surface area contributed by atoms with Gasteiger partial charge < -0.3 is 18.6 Å². The fourth-order valence-electron chi connectivity index (χ4n) is 4.10. The molecule has 0 radical (unpaired) electrons. The zero-order valence-electron chi connectivity index (χ0n) is 21.5. The van der Waals surface area contributed by atoms with Crippen LogP contribution in [0.2, 0.25) is 18.1 Å². The molecule has 0 saturated carbocycles. The normalized spacial score (nSPS) is 15.7. The Bertz CT molecular complexity index is 1100. The molecule has 0 fully saturated rings. The lowest BCUT2D eigenvalue weighted by Gasteiger charge is -2.38. The van der Waals surface area contributed by atoms with Gasteiger partial charge in [0.25, 0.3) is 0 Å². The van der Waals surface area contributed by atoms with Crippen LogP contribution < -0.4 is 0 Å². The van der Waals surface area contributed by atoms with Gasteiger partial charge in [0, 0.05) is 29.2 Å². The number of hydrogen-bond donors (Lipinski definition) is 0. The molecule has 0 aliphatic carbocycles. The van der Waals surface area contributed by atoms with Crippen LogP contribution in [0, 0.1) is 0 Å². The van der Waals surface area contributed by atoms with Gasteiger partial charge in [-0.05, 0) is 43.9 Å². The molecule has 2 aromatic rings. The molecule has 0 saturated heterocycles. The third-order valence-corrected chi connectivity index (χ3v) is 12.1. The Morgan fingerprint density at radius 3 is 2.24 bits per heavy atom. The van der Waals surface area contributed by atoms with Gasteiger partial charge in [-0.3, -0.25) is 0 Å². The van der Waals surface area contributed by atoms with Crippen molar-refractivity contribution >= 4 is 36.8 Å². The minimum Gasteiger partial charge on any atom is -0.466 e. The number of carbonyl (C=O) groups is 2. The number of methoxy groups -OCH3 is 1. The van der Waals surface area contributed by atoms with Crippen LogP contribution in [0.15, 0.2) is 36.0 Å². The summed E-state index contributed by atoms with van der Waals surface area (Å²) in [6.07, 6.45) is 2.38. The third-order valence-electron chi connectivity index (χ3n) is 6.90. The van der Waals surface area contributed by atoms with E-state index in [2.05, 4.69) is 62.5 Å². The highest BCUT2D eigenvalue weighted by Crippen LogP contribution is 2.42. The smallest absolute Gasteiger partial charge is 0.410 e. The maximum atomic E-state index is 12.8. The van der Waals surface area contributed by atoms with Crippen molar-refractivity contribution in [1.29, 1.82) is 0 Å². The first-order valence-electron chi connectivity index (χ1n) is 11.6. The van der Waals surface area contributed by atoms with Crippen LogP contribution in [0.1, 0.15) is 53.5 Å². The summed E-state index contributed by atoms with van der Waals surface area (Å²) in [4.78, 5) is 27.1. The van der Waals surface area contributed by atoms with Gasteiger partial charge in [-0.2, -0.15) is 0 Å². The van der Waals surface area contributed by atoms with E-state index in [1.165, 1.54) is 12.6 Å². The highest BCUT2D eigenvalue weighted by Gasteiger charge is 2.39. The summed E-state index contributed by atoms with van der Waals surface area (Å²) in [5.41, 5.74) is 3.12. The predicted molar refractivity (Wildman–Crippen MR) is 136 cm³/mol. The zero-order valence-corrected chi connectivity index (χ0v) is 22.5. The summed E-state index contributed by atoms with van der Waals surface area (Å²) in [7, 11) is -0.523. The van der Waals surface area contributed by atoms with Gasteiger partial charge in [0.2, 0.25) is 0 Å². The number of rotatable bonds is 3. The first-order chi connectivity index (χ1) is 15.2. The zero-order chi connectivity index (χ0) is 24.8. The molecule has 3 rings (SSSR count). The molecule has 33 heavy (non-hydrogen) atoms. The standard InChI is InChI=1S/C26H38N2O4Si/c1-25(2,3)32-24(30)27-15-14-18(21(16-27)23(29)31-7)20-17-28(33(8,9)26(4,5)6)22-13-11-10-12-19(20)22/h10-13,17H,14-16H2,1-9H3. The maximum Gasteiger partial charge on any atom is 0.410 e. The monoisotopic (exact) mass is 470 g/mol. The molecule has 1 amide bonds. The summed E-state index contributed by atoms with van der Waals surface area (Å²) >= 11 is 0. The molecule has 180 valence electrons. The van der Waals surface area contributed by atoms with E-state index in [4.69, 9.17) is 9.47 Å². The van der Waals surface area contributed by atoms with Gasteiger partial charge in [0.1, 0.15) is 5.60 Å². The van der Waals surface area contributed by atoms with Crippen LogP contribution in [0.3, 0.4) is 0 Å². The van der Waals surface area contributed by atoms with Crippen molar-refractivity contribution in [3.63, 3.8) is 0 Å². The quantitative estimate of drug-likeness (QED) is 0.404. The van der Waals surface area contributed by atoms with Gasteiger partial charge in [-0.1, -0.05) is 52.1 Å². The molecule has 0 bridgehead atoms. The fourth-order valence-corrected chi connectivity index (χ4v) is 6.07. The number of carbonyl (C=O) groups excluding carboxylic acids is 2. The van der Waals surface area contributed by atoms with Gasteiger partial charge in [-0.15, -0.1) is 0 Å². The third kappa shape index (κ3) is 4.88. The van der Waals surface area contributed by atoms with Gasteiger partial charge in [0.05, 0.1) is 19.2 Å². The van der Waals surface area contributed by atoms with Crippen LogP contribution >= 0.6 is 0 Å². The van der Waals surface area contributed by atoms with Crippen LogP contribution in [-0.2, 0) is 14.3 Å². The van der Waals surface area contributed by atoms with Crippen molar-refractivity contribution in [2.75, 3.05) is 20.2 Å². The number of amides is 1. The molecule has 0 unspecified atom stereocenters. The number of ether oxygens (including phenoxy) is 2. The van der Waals surface area contributed by atoms with Crippen LogP contribution in [0.5, 0.6) is 0 Å². The van der Waals surface area contributed by atoms with Gasteiger partial charge >= 0.3 is 12.1 Å².